The minimum atomic E-state index is -0.591. The molecule has 0 radical (unpaired) electrons. The van der Waals surface area contributed by atoms with E-state index in [0.29, 0.717) is 5.25 Å². The van der Waals surface area contributed by atoms with Crippen molar-refractivity contribution in [1.82, 2.24) is 40.5 Å². The molecule has 10 nitrogen and oxygen atoms in total. The molecule has 3 aliphatic heterocycles. The number of H-pyrrole nitrogens is 2. The average Bonchev–Trinajstić information content (AvgIpc) is 3.69. The Morgan fingerprint density at radius 2 is 1.83 bits per heavy atom. The lowest BCUT2D eigenvalue weighted by molar-refractivity contribution is -0.231. The van der Waals surface area contributed by atoms with E-state index in [9.17, 15) is 0 Å². The number of hydrazine groups is 1. The van der Waals surface area contributed by atoms with Gasteiger partial charge in [0.15, 0.2) is 5.66 Å². The average molecular weight is 499 g/mol. The van der Waals surface area contributed by atoms with E-state index in [-0.39, 0.29) is 0 Å². The van der Waals surface area contributed by atoms with Crippen molar-refractivity contribution < 1.29 is 9.26 Å². The third kappa shape index (κ3) is 3.84. The molecule has 2 N–H and O–H groups in total. The minimum absolute atomic E-state index is 0.369. The van der Waals surface area contributed by atoms with Crippen LogP contribution in [0.1, 0.15) is 43.3 Å². The lowest BCUT2D eigenvalue weighted by Crippen LogP contribution is -2.76. The zero-order valence-corrected chi connectivity index (χ0v) is 21.0. The summed E-state index contributed by atoms with van der Waals surface area (Å²) >= 11 is 2.01. The standard InChI is InChI=1S/C24H34N8O2S/c1-19-18-32(31-12-15-33-16-13-31)24(22-7-14-34-29-22,30-10-3-2-4-11-30)23(35-19,21-6-9-26-28-21)17-20-5-8-25-27-20/h5-9,14,19H,2-4,10-13,15-18H2,1H3,(H,25,27)(H,26,28). The number of hydrogen-bond acceptors (Lipinski definition) is 9. The number of thioether (sulfide) groups is 1. The van der Waals surface area contributed by atoms with Crippen molar-refractivity contribution in [3.05, 3.63) is 53.9 Å². The van der Waals surface area contributed by atoms with E-state index in [1.165, 1.54) is 19.3 Å². The molecule has 3 aromatic rings. The highest BCUT2D eigenvalue weighted by atomic mass is 32.2. The van der Waals surface area contributed by atoms with Crippen molar-refractivity contribution in [3.63, 3.8) is 0 Å². The maximum absolute atomic E-state index is 5.78. The van der Waals surface area contributed by atoms with Gasteiger partial charge in [-0.25, -0.2) is 10.0 Å². The van der Waals surface area contributed by atoms with Gasteiger partial charge < -0.3 is 9.26 Å². The van der Waals surface area contributed by atoms with Crippen LogP contribution in [0.2, 0.25) is 0 Å². The van der Waals surface area contributed by atoms with Gasteiger partial charge in [0.25, 0.3) is 0 Å². The van der Waals surface area contributed by atoms with Crippen LogP contribution in [0.15, 0.2) is 41.4 Å². The molecule has 3 aliphatic rings. The van der Waals surface area contributed by atoms with Gasteiger partial charge in [0.1, 0.15) is 16.7 Å². The van der Waals surface area contributed by atoms with Crippen molar-refractivity contribution in [3.8, 4) is 0 Å². The summed E-state index contributed by atoms with van der Waals surface area (Å²) < 4.78 is 10.9. The van der Waals surface area contributed by atoms with Gasteiger partial charge in [0.05, 0.1) is 18.9 Å². The summed E-state index contributed by atoms with van der Waals surface area (Å²) in [4.78, 5) is 2.67. The molecule has 0 aliphatic carbocycles. The summed E-state index contributed by atoms with van der Waals surface area (Å²) in [5.74, 6) is 0. The predicted molar refractivity (Wildman–Crippen MR) is 132 cm³/mol. The van der Waals surface area contributed by atoms with Crippen LogP contribution in [0.4, 0.5) is 0 Å². The molecule has 11 heteroatoms. The van der Waals surface area contributed by atoms with Crippen LogP contribution in [0.25, 0.3) is 0 Å². The summed E-state index contributed by atoms with van der Waals surface area (Å²) in [5.41, 5.74) is 2.54. The Labute approximate surface area is 209 Å². The highest BCUT2D eigenvalue weighted by molar-refractivity contribution is 8.01. The topological polar surface area (TPSA) is 102 Å². The molecule has 6 heterocycles. The molecule has 3 fully saturated rings. The molecule has 3 unspecified atom stereocenters. The van der Waals surface area contributed by atoms with Crippen LogP contribution in [0, 0.1) is 0 Å². The van der Waals surface area contributed by atoms with Gasteiger partial charge in [-0.2, -0.15) is 10.2 Å². The minimum Gasteiger partial charge on any atom is -0.379 e. The number of piperidine rings is 1. The van der Waals surface area contributed by atoms with Gasteiger partial charge in [-0.15, -0.1) is 11.8 Å². The fourth-order valence-corrected chi connectivity index (χ4v) is 8.22. The second-order valence-corrected chi connectivity index (χ2v) is 11.5. The zero-order valence-electron chi connectivity index (χ0n) is 20.2. The molecule has 6 rings (SSSR count). The number of rotatable bonds is 6. The monoisotopic (exact) mass is 498 g/mol. The Hall–Kier alpha value is -2.18. The quantitative estimate of drug-likeness (QED) is 0.531. The van der Waals surface area contributed by atoms with E-state index >= 15 is 0 Å². The van der Waals surface area contributed by atoms with Gasteiger partial charge >= 0.3 is 0 Å². The van der Waals surface area contributed by atoms with Crippen LogP contribution in [0.5, 0.6) is 0 Å². The molecule has 3 atom stereocenters. The van der Waals surface area contributed by atoms with Crippen molar-refractivity contribution >= 4 is 11.8 Å². The number of ether oxygens (including phenoxy) is 1. The van der Waals surface area contributed by atoms with E-state index in [1.54, 1.807) is 6.26 Å². The third-order valence-corrected chi connectivity index (χ3v) is 9.24. The molecule has 0 aromatic carbocycles. The zero-order chi connectivity index (χ0) is 23.7. The smallest absolute Gasteiger partial charge is 0.155 e. The summed E-state index contributed by atoms with van der Waals surface area (Å²) in [6.45, 7) is 8.41. The molecule has 3 saturated heterocycles. The number of hydrogen-bond donors (Lipinski definition) is 2. The summed E-state index contributed by atoms with van der Waals surface area (Å²) in [6, 6.07) is 6.29. The number of nitrogens with one attached hydrogen (secondary N) is 2. The first kappa shape index (κ1) is 23.2. The number of nitrogens with zero attached hydrogens (tertiary/aromatic N) is 6. The maximum atomic E-state index is 5.78. The fraction of sp³-hybridized carbons (Fsp3) is 0.625. The summed E-state index contributed by atoms with van der Waals surface area (Å²) in [5, 5.41) is 25.6. The maximum Gasteiger partial charge on any atom is 0.155 e. The van der Waals surface area contributed by atoms with Crippen molar-refractivity contribution in [1.29, 1.82) is 0 Å². The molecule has 0 saturated carbocycles. The van der Waals surface area contributed by atoms with E-state index in [1.807, 2.05) is 24.2 Å². The second kappa shape index (κ2) is 9.70. The Morgan fingerprint density at radius 3 is 2.51 bits per heavy atom. The molecule has 0 bridgehead atoms. The second-order valence-electron chi connectivity index (χ2n) is 9.74. The fourth-order valence-electron chi connectivity index (χ4n) is 6.34. The van der Waals surface area contributed by atoms with E-state index in [2.05, 4.69) is 60.4 Å². The Bertz CT molecular complexity index is 1050. The SMILES string of the molecule is CC1CN(N2CCOCC2)C(c2ccon2)(N2CCCCC2)C(Cc2ccn[nH]2)(c2ccn[nH]2)S1. The van der Waals surface area contributed by atoms with E-state index in [4.69, 9.17) is 14.4 Å². The first-order valence-electron chi connectivity index (χ1n) is 12.7. The van der Waals surface area contributed by atoms with Gasteiger partial charge in [0, 0.05) is 68.5 Å². The van der Waals surface area contributed by atoms with Crippen LogP contribution in [-0.4, -0.2) is 91.7 Å². The highest BCUT2D eigenvalue weighted by Crippen LogP contribution is 2.61. The van der Waals surface area contributed by atoms with E-state index in [0.717, 1.165) is 69.4 Å². The van der Waals surface area contributed by atoms with Crippen molar-refractivity contribution in [2.24, 2.45) is 0 Å². The first-order chi connectivity index (χ1) is 17.2. The number of aromatic nitrogens is 5. The Morgan fingerprint density at radius 1 is 1.03 bits per heavy atom. The largest absolute Gasteiger partial charge is 0.379 e. The van der Waals surface area contributed by atoms with Crippen LogP contribution in [-0.2, 0) is 21.6 Å². The normalized spacial score (nSPS) is 31.6. The molecular formula is C24H34N8O2S. The summed E-state index contributed by atoms with van der Waals surface area (Å²) in [7, 11) is 0. The predicted octanol–water partition coefficient (Wildman–Crippen LogP) is 2.58. The molecule has 188 valence electrons. The van der Waals surface area contributed by atoms with Gasteiger partial charge in [-0.1, -0.05) is 18.5 Å². The highest BCUT2D eigenvalue weighted by Gasteiger charge is 2.67. The van der Waals surface area contributed by atoms with Gasteiger partial charge in [-0.05, 0) is 25.0 Å². The van der Waals surface area contributed by atoms with Gasteiger partial charge in [-0.3, -0.25) is 15.1 Å². The van der Waals surface area contributed by atoms with Crippen LogP contribution < -0.4 is 0 Å². The number of aromatic amines is 2. The Kier molecular flexibility index (Phi) is 6.44. The number of likely N-dealkylation sites (tertiary alicyclic amines) is 1. The van der Waals surface area contributed by atoms with Crippen LogP contribution in [0.3, 0.4) is 0 Å². The summed E-state index contributed by atoms with van der Waals surface area (Å²) in [6.07, 6.45) is 9.76. The van der Waals surface area contributed by atoms with E-state index < -0.39 is 10.4 Å². The molecule has 0 amide bonds. The van der Waals surface area contributed by atoms with Crippen molar-refractivity contribution in [2.45, 2.75) is 48.3 Å². The molecule has 0 spiro atoms. The molecule has 3 aromatic heterocycles. The first-order valence-corrected chi connectivity index (χ1v) is 13.5. The molecular weight excluding hydrogens is 464 g/mol. The van der Waals surface area contributed by atoms with Gasteiger partial charge in [0.2, 0.25) is 0 Å². The Balaban J connectivity index is 1.63. The number of morpholine rings is 1. The van der Waals surface area contributed by atoms with Crippen LogP contribution >= 0.6 is 11.8 Å². The van der Waals surface area contributed by atoms with Crippen molar-refractivity contribution in [2.75, 3.05) is 45.9 Å². The lowest BCUT2D eigenvalue weighted by Gasteiger charge is -2.65. The lowest BCUT2D eigenvalue weighted by atomic mass is 9.78. The molecule has 35 heavy (non-hydrogen) atoms. The third-order valence-electron chi connectivity index (χ3n) is 7.64.